The van der Waals surface area contributed by atoms with Crippen LogP contribution < -0.4 is 11.2 Å². The van der Waals surface area contributed by atoms with Crippen LogP contribution in [0.3, 0.4) is 0 Å². The SMILES string of the molecule is Cc1nccc(Cl)c1-c1cn(CCCN2C[C@@H]3C[C@]3(c3ccc(C(F)(F)F)cc3)C2)c(=O)[nH]c1=O. The number of nitrogens with one attached hydrogen (secondary N) is 1. The van der Waals surface area contributed by atoms with E-state index in [4.69, 9.17) is 11.6 Å². The van der Waals surface area contributed by atoms with Gasteiger partial charge in [0, 0.05) is 48.7 Å². The number of pyridine rings is 1. The zero-order valence-electron chi connectivity index (χ0n) is 19.0. The normalized spacial score (nSPS) is 21.8. The number of rotatable bonds is 6. The topological polar surface area (TPSA) is 71.0 Å². The molecular weight excluding hydrogens is 481 g/mol. The molecule has 1 N–H and O–H groups in total. The summed E-state index contributed by atoms with van der Waals surface area (Å²) in [5.74, 6) is 0.442. The highest BCUT2D eigenvalue weighted by molar-refractivity contribution is 6.33. The predicted molar refractivity (Wildman–Crippen MR) is 127 cm³/mol. The molecule has 1 saturated carbocycles. The van der Waals surface area contributed by atoms with Crippen molar-refractivity contribution in [3.8, 4) is 11.1 Å². The standard InChI is InChI=1S/C25H24ClF3N4O2/c1-15-21(20(26)7-8-30-15)19-13-33(23(35)31-22(19)34)10-2-9-32-12-18-11-24(18,14-32)16-3-5-17(6-4-16)25(27,28)29/h3-8,13,18H,2,9-12,14H2,1H3,(H,31,34,35)/t18-,24+/m0/s1. The van der Waals surface area contributed by atoms with Crippen molar-refractivity contribution in [1.82, 2.24) is 19.4 Å². The quantitative estimate of drug-likeness (QED) is 0.545. The molecule has 2 fully saturated rings. The minimum absolute atomic E-state index is 0.0687. The first-order valence-electron chi connectivity index (χ1n) is 11.4. The molecule has 0 unspecified atom stereocenters. The Morgan fingerprint density at radius 1 is 1.17 bits per heavy atom. The van der Waals surface area contributed by atoms with Gasteiger partial charge in [0.1, 0.15) is 0 Å². The van der Waals surface area contributed by atoms with Crippen LogP contribution in [-0.2, 0) is 18.1 Å². The number of nitrogens with zero attached hydrogens (tertiary/aromatic N) is 3. The van der Waals surface area contributed by atoms with Gasteiger partial charge < -0.3 is 4.90 Å². The molecule has 2 atom stereocenters. The van der Waals surface area contributed by atoms with Gasteiger partial charge in [-0.25, -0.2) is 4.79 Å². The van der Waals surface area contributed by atoms with Crippen molar-refractivity contribution in [1.29, 1.82) is 0 Å². The Morgan fingerprint density at radius 2 is 1.91 bits per heavy atom. The van der Waals surface area contributed by atoms with Gasteiger partial charge in [-0.2, -0.15) is 13.2 Å². The molecule has 6 nitrogen and oxygen atoms in total. The van der Waals surface area contributed by atoms with E-state index in [0.29, 0.717) is 40.7 Å². The van der Waals surface area contributed by atoms with Crippen LogP contribution in [0, 0.1) is 12.8 Å². The van der Waals surface area contributed by atoms with Gasteiger partial charge in [-0.3, -0.25) is 19.3 Å². The number of benzene rings is 1. The highest BCUT2D eigenvalue weighted by Gasteiger charge is 2.60. The van der Waals surface area contributed by atoms with Crippen LogP contribution in [0.15, 0.2) is 52.3 Å². The molecule has 35 heavy (non-hydrogen) atoms. The number of hydrogen-bond acceptors (Lipinski definition) is 4. The highest BCUT2D eigenvalue weighted by atomic mass is 35.5. The van der Waals surface area contributed by atoms with Crippen molar-refractivity contribution in [3.63, 3.8) is 0 Å². The lowest BCUT2D eigenvalue weighted by Crippen LogP contribution is -2.32. The van der Waals surface area contributed by atoms with E-state index in [9.17, 15) is 22.8 Å². The number of likely N-dealkylation sites (tertiary alicyclic amines) is 1. The van der Waals surface area contributed by atoms with E-state index >= 15 is 0 Å². The summed E-state index contributed by atoms with van der Waals surface area (Å²) in [5, 5.41) is 0.387. The minimum atomic E-state index is -4.33. The zero-order chi connectivity index (χ0) is 25.0. The number of fused-ring (bicyclic) bond motifs is 1. The van der Waals surface area contributed by atoms with Crippen molar-refractivity contribution >= 4 is 11.6 Å². The van der Waals surface area contributed by atoms with E-state index in [1.165, 1.54) is 22.9 Å². The van der Waals surface area contributed by atoms with Gasteiger partial charge in [0.15, 0.2) is 0 Å². The van der Waals surface area contributed by atoms with Crippen LogP contribution in [0.4, 0.5) is 13.2 Å². The molecule has 3 aromatic rings. The van der Waals surface area contributed by atoms with Gasteiger partial charge >= 0.3 is 11.9 Å². The summed E-state index contributed by atoms with van der Waals surface area (Å²) in [6.45, 7) is 4.58. The molecule has 2 aliphatic rings. The van der Waals surface area contributed by atoms with Gasteiger partial charge in [0.2, 0.25) is 0 Å². The van der Waals surface area contributed by atoms with Crippen LogP contribution in [0.5, 0.6) is 0 Å². The maximum absolute atomic E-state index is 12.9. The van der Waals surface area contributed by atoms with Crippen LogP contribution in [-0.4, -0.2) is 39.1 Å². The van der Waals surface area contributed by atoms with Gasteiger partial charge in [-0.05, 0) is 56.0 Å². The van der Waals surface area contributed by atoms with E-state index < -0.39 is 23.0 Å². The first-order chi connectivity index (χ1) is 16.6. The molecule has 1 aromatic carbocycles. The average molecular weight is 505 g/mol. The fraction of sp³-hybridized carbons (Fsp3) is 0.400. The van der Waals surface area contributed by atoms with E-state index in [-0.39, 0.29) is 5.41 Å². The molecule has 0 amide bonds. The minimum Gasteiger partial charge on any atom is -0.302 e. The predicted octanol–water partition coefficient (Wildman–Crippen LogP) is 4.24. The van der Waals surface area contributed by atoms with Crippen molar-refractivity contribution in [2.75, 3.05) is 19.6 Å². The first kappa shape index (κ1) is 23.8. The molecule has 1 saturated heterocycles. The average Bonchev–Trinajstić information content (AvgIpc) is 3.37. The number of halogens is 4. The van der Waals surface area contributed by atoms with Crippen molar-refractivity contribution < 1.29 is 13.2 Å². The third kappa shape index (κ3) is 4.43. The molecule has 10 heteroatoms. The molecule has 184 valence electrons. The van der Waals surface area contributed by atoms with Crippen LogP contribution in [0.1, 0.15) is 29.7 Å². The van der Waals surface area contributed by atoms with Crippen LogP contribution in [0.25, 0.3) is 11.1 Å². The Labute approximate surface area is 204 Å². The highest BCUT2D eigenvalue weighted by Crippen LogP contribution is 2.59. The summed E-state index contributed by atoms with van der Waals surface area (Å²) < 4.78 is 40.2. The molecule has 2 aromatic heterocycles. The number of aromatic nitrogens is 3. The van der Waals surface area contributed by atoms with Crippen molar-refractivity contribution in [2.24, 2.45) is 5.92 Å². The first-order valence-corrected chi connectivity index (χ1v) is 11.8. The smallest absolute Gasteiger partial charge is 0.302 e. The van der Waals surface area contributed by atoms with Crippen LogP contribution in [0.2, 0.25) is 5.02 Å². The van der Waals surface area contributed by atoms with E-state index in [1.807, 2.05) is 0 Å². The zero-order valence-corrected chi connectivity index (χ0v) is 19.8. The van der Waals surface area contributed by atoms with Gasteiger partial charge in [0.05, 0.1) is 16.1 Å². The number of hydrogen-bond donors (Lipinski definition) is 1. The number of aromatic amines is 1. The van der Waals surface area contributed by atoms with E-state index in [1.54, 1.807) is 31.3 Å². The molecule has 0 radical (unpaired) electrons. The number of alkyl halides is 3. The monoisotopic (exact) mass is 504 g/mol. The Balaban J connectivity index is 1.25. The number of H-pyrrole nitrogens is 1. The Kier molecular flexibility index (Phi) is 5.88. The van der Waals surface area contributed by atoms with E-state index in [0.717, 1.165) is 31.6 Å². The van der Waals surface area contributed by atoms with Crippen LogP contribution >= 0.6 is 11.6 Å². The fourth-order valence-corrected chi connectivity index (χ4v) is 5.67. The van der Waals surface area contributed by atoms with Crippen molar-refractivity contribution in [3.05, 3.63) is 85.4 Å². The summed E-state index contributed by atoms with van der Waals surface area (Å²) in [6.07, 6.45) is 0.428. The second-order valence-corrected chi connectivity index (χ2v) is 9.88. The maximum atomic E-state index is 12.9. The Morgan fingerprint density at radius 3 is 2.60 bits per heavy atom. The largest absolute Gasteiger partial charge is 0.416 e. The lowest BCUT2D eigenvalue weighted by Gasteiger charge is -2.21. The lowest BCUT2D eigenvalue weighted by molar-refractivity contribution is -0.137. The second kappa shape index (κ2) is 8.64. The van der Waals surface area contributed by atoms with Gasteiger partial charge in [-0.15, -0.1) is 0 Å². The maximum Gasteiger partial charge on any atom is 0.416 e. The summed E-state index contributed by atoms with van der Waals surface area (Å²) in [7, 11) is 0. The summed E-state index contributed by atoms with van der Waals surface area (Å²) in [4.78, 5) is 33.7. The lowest BCUT2D eigenvalue weighted by atomic mass is 9.94. The molecule has 0 spiro atoms. The summed E-state index contributed by atoms with van der Waals surface area (Å²) >= 11 is 6.29. The number of aryl methyl sites for hydroxylation is 2. The van der Waals surface area contributed by atoms with Crippen molar-refractivity contribution in [2.45, 2.75) is 37.9 Å². The van der Waals surface area contributed by atoms with Gasteiger partial charge in [0.25, 0.3) is 5.56 Å². The molecule has 3 heterocycles. The molecule has 1 aliphatic carbocycles. The Bertz CT molecular complexity index is 1360. The molecule has 5 rings (SSSR count). The molecular formula is C25H24ClF3N4O2. The fourth-order valence-electron chi connectivity index (χ4n) is 5.37. The third-order valence-corrected chi connectivity index (χ3v) is 7.56. The van der Waals surface area contributed by atoms with E-state index in [2.05, 4.69) is 14.9 Å². The van der Waals surface area contributed by atoms with Gasteiger partial charge in [-0.1, -0.05) is 23.7 Å². The molecule has 1 aliphatic heterocycles. The number of piperidine rings is 1. The Hall–Kier alpha value is -2.91. The third-order valence-electron chi connectivity index (χ3n) is 7.25. The second-order valence-electron chi connectivity index (χ2n) is 9.47. The summed E-state index contributed by atoms with van der Waals surface area (Å²) in [5.41, 5.74) is 0.663. The summed E-state index contributed by atoms with van der Waals surface area (Å²) in [6, 6.07) is 7.15. The molecule has 0 bridgehead atoms.